The van der Waals surface area contributed by atoms with Gasteiger partial charge in [0.05, 0.1) is 0 Å². The third-order valence-electron chi connectivity index (χ3n) is 2.62. The normalized spacial score (nSPS) is 10.5. The van der Waals surface area contributed by atoms with Crippen molar-refractivity contribution in [2.24, 2.45) is 0 Å². The van der Waals surface area contributed by atoms with Crippen LogP contribution in [0.2, 0.25) is 5.02 Å². The number of rotatable bonds is 6. The van der Waals surface area contributed by atoms with E-state index in [1.807, 2.05) is 36.7 Å². The minimum atomic E-state index is 0.0201. The Balaban J connectivity index is 1.91. The Bertz CT molecular complexity index is 569. The Morgan fingerprint density at radius 2 is 2.15 bits per heavy atom. The molecule has 0 radical (unpaired) electrons. The summed E-state index contributed by atoms with van der Waals surface area (Å²) >= 11 is 9.03. The van der Waals surface area contributed by atoms with Gasteiger partial charge in [-0.2, -0.15) is 11.8 Å². The highest BCUT2D eigenvalue weighted by Gasteiger charge is 2.07. The van der Waals surface area contributed by atoms with Gasteiger partial charge in [0.1, 0.15) is 0 Å². The number of hydrogen-bond acceptors (Lipinski definition) is 4. The number of nitrogens with one attached hydrogen (secondary N) is 1. The van der Waals surface area contributed by atoms with Crippen LogP contribution < -0.4 is 5.32 Å². The first kappa shape index (κ1) is 15.4. The van der Waals surface area contributed by atoms with E-state index in [0.717, 1.165) is 22.1 Å². The molecule has 0 spiro atoms. The summed E-state index contributed by atoms with van der Waals surface area (Å²) in [6.45, 7) is 0. The van der Waals surface area contributed by atoms with Gasteiger partial charge in [-0.3, -0.25) is 4.79 Å². The summed E-state index contributed by atoms with van der Waals surface area (Å²) in [5.41, 5.74) is 1.18. The van der Waals surface area contributed by atoms with Gasteiger partial charge in [0.15, 0.2) is 5.13 Å². The van der Waals surface area contributed by atoms with Crippen molar-refractivity contribution in [3.05, 3.63) is 45.9 Å². The Hall–Kier alpha value is -1.04. The SMILES string of the molecule is CSCCC(=O)Nc1ncc(Cc2ccc(Cl)cc2)s1. The lowest BCUT2D eigenvalue weighted by Crippen LogP contribution is -2.11. The molecule has 1 N–H and O–H groups in total. The zero-order valence-electron chi connectivity index (χ0n) is 11.1. The lowest BCUT2D eigenvalue weighted by molar-refractivity contribution is -0.115. The number of aromatic nitrogens is 1. The number of carbonyl (C=O) groups is 1. The minimum Gasteiger partial charge on any atom is -0.302 e. The average molecular weight is 327 g/mol. The van der Waals surface area contributed by atoms with Gasteiger partial charge in [-0.1, -0.05) is 23.7 Å². The van der Waals surface area contributed by atoms with Crippen LogP contribution in [0, 0.1) is 0 Å². The van der Waals surface area contributed by atoms with Crippen molar-refractivity contribution in [1.82, 2.24) is 4.98 Å². The van der Waals surface area contributed by atoms with E-state index in [0.29, 0.717) is 11.6 Å². The highest BCUT2D eigenvalue weighted by molar-refractivity contribution is 7.98. The van der Waals surface area contributed by atoms with Crippen LogP contribution in [0.1, 0.15) is 16.9 Å². The van der Waals surface area contributed by atoms with E-state index < -0.39 is 0 Å². The Kier molecular flexibility index (Phi) is 5.88. The molecule has 1 aromatic heterocycles. The van der Waals surface area contributed by atoms with Crippen molar-refractivity contribution in [3.63, 3.8) is 0 Å². The maximum absolute atomic E-state index is 11.6. The number of amides is 1. The van der Waals surface area contributed by atoms with E-state index in [2.05, 4.69) is 10.3 Å². The second kappa shape index (κ2) is 7.67. The summed E-state index contributed by atoms with van der Waals surface area (Å²) in [6.07, 6.45) is 5.12. The van der Waals surface area contributed by atoms with Crippen LogP contribution >= 0.6 is 34.7 Å². The molecule has 2 rings (SSSR count). The highest BCUT2D eigenvalue weighted by Crippen LogP contribution is 2.22. The van der Waals surface area contributed by atoms with Crippen LogP contribution in [0.25, 0.3) is 0 Å². The molecule has 0 unspecified atom stereocenters. The fraction of sp³-hybridized carbons (Fsp3) is 0.286. The van der Waals surface area contributed by atoms with Gasteiger partial charge >= 0.3 is 0 Å². The first-order valence-electron chi connectivity index (χ1n) is 6.15. The number of thiazole rings is 1. The van der Waals surface area contributed by atoms with Crippen LogP contribution in [0.4, 0.5) is 5.13 Å². The topological polar surface area (TPSA) is 42.0 Å². The molecule has 0 aliphatic carbocycles. The summed E-state index contributed by atoms with van der Waals surface area (Å²) < 4.78 is 0. The molecule has 0 aliphatic rings. The number of thioether (sulfide) groups is 1. The van der Waals surface area contributed by atoms with Crippen LogP contribution in [0.15, 0.2) is 30.5 Å². The number of benzene rings is 1. The quantitative estimate of drug-likeness (QED) is 0.869. The second-order valence-electron chi connectivity index (χ2n) is 4.23. The fourth-order valence-electron chi connectivity index (χ4n) is 1.63. The number of anilines is 1. The van der Waals surface area contributed by atoms with Crippen molar-refractivity contribution in [3.8, 4) is 0 Å². The van der Waals surface area contributed by atoms with Crippen molar-refractivity contribution in [2.75, 3.05) is 17.3 Å². The smallest absolute Gasteiger partial charge is 0.226 e. The largest absolute Gasteiger partial charge is 0.302 e. The van der Waals surface area contributed by atoms with Gasteiger partial charge in [-0.15, -0.1) is 11.3 Å². The molecular weight excluding hydrogens is 312 g/mol. The third kappa shape index (κ3) is 4.81. The summed E-state index contributed by atoms with van der Waals surface area (Å²) in [7, 11) is 0. The van der Waals surface area contributed by atoms with E-state index in [-0.39, 0.29) is 5.91 Å². The summed E-state index contributed by atoms with van der Waals surface area (Å²) in [5.74, 6) is 0.848. The van der Waals surface area contributed by atoms with Gasteiger partial charge in [-0.25, -0.2) is 4.98 Å². The van der Waals surface area contributed by atoms with Crippen molar-refractivity contribution in [2.45, 2.75) is 12.8 Å². The Labute approximate surface area is 131 Å². The summed E-state index contributed by atoms with van der Waals surface area (Å²) in [5, 5.41) is 4.23. The molecule has 0 saturated heterocycles. The van der Waals surface area contributed by atoms with E-state index >= 15 is 0 Å². The second-order valence-corrected chi connectivity index (χ2v) is 6.76. The minimum absolute atomic E-state index is 0.0201. The van der Waals surface area contributed by atoms with Gasteiger partial charge in [-0.05, 0) is 24.0 Å². The first-order valence-corrected chi connectivity index (χ1v) is 8.74. The molecule has 1 aromatic carbocycles. The molecule has 106 valence electrons. The Morgan fingerprint density at radius 1 is 1.40 bits per heavy atom. The van der Waals surface area contributed by atoms with E-state index in [1.54, 1.807) is 11.8 Å². The molecule has 1 heterocycles. The maximum atomic E-state index is 11.6. The lowest BCUT2D eigenvalue weighted by Gasteiger charge is -2.00. The standard InChI is InChI=1S/C14H15ClN2OS2/c1-19-7-6-13(18)17-14-16-9-12(20-14)8-10-2-4-11(15)5-3-10/h2-5,9H,6-8H2,1H3,(H,16,17,18). The zero-order chi connectivity index (χ0) is 14.4. The number of halogens is 1. The molecule has 3 nitrogen and oxygen atoms in total. The predicted octanol–water partition coefficient (Wildman–Crippen LogP) is 4.08. The molecule has 0 saturated carbocycles. The Morgan fingerprint density at radius 3 is 2.85 bits per heavy atom. The molecule has 0 aliphatic heterocycles. The molecule has 2 aromatic rings. The first-order chi connectivity index (χ1) is 9.67. The molecule has 0 atom stereocenters. The van der Waals surface area contributed by atoms with Crippen LogP contribution in [0.5, 0.6) is 0 Å². The highest BCUT2D eigenvalue weighted by atomic mass is 35.5. The molecule has 0 bridgehead atoms. The van der Waals surface area contributed by atoms with Crippen molar-refractivity contribution in [1.29, 1.82) is 0 Å². The molecule has 6 heteroatoms. The number of hydrogen-bond donors (Lipinski definition) is 1. The van der Waals surface area contributed by atoms with Gasteiger partial charge in [0.2, 0.25) is 5.91 Å². The van der Waals surface area contributed by atoms with Crippen molar-refractivity contribution < 1.29 is 4.79 Å². The van der Waals surface area contributed by atoms with Crippen LogP contribution in [-0.4, -0.2) is 22.9 Å². The number of nitrogens with zero attached hydrogens (tertiary/aromatic N) is 1. The number of carbonyl (C=O) groups excluding carboxylic acids is 1. The van der Waals surface area contributed by atoms with Crippen LogP contribution in [0.3, 0.4) is 0 Å². The molecule has 1 amide bonds. The fourth-order valence-corrected chi connectivity index (χ4v) is 3.01. The van der Waals surface area contributed by atoms with Crippen LogP contribution in [-0.2, 0) is 11.2 Å². The van der Waals surface area contributed by atoms with Gasteiger partial charge < -0.3 is 5.32 Å². The monoisotopic (exact) mass is 326 g/mol. The maximum Gasteiger partial charge on any atom is 0.226 e. The lowest BCUT2D eigenvalue weighted by atomic mass is 10.1. The van der Waals surface area contributed by atoms with E-state index in [9.17, 15) is 4.79 Å². The zero-order valence-corrected chi connectivity index (χ0v) is 13.4. The summed E-state index contributed by atoms with van der Waals surface area (Å²) in [4.78, 5) is 17.0. The summed E-state index contributed by atoms with van der Waals surface area (Å²) in [6, 6.07) is 7.75. The molecular formula is C14H15ClN2OS2. The third-order valence-corrected chi connectivity index (χ3v) is 4.40. The average Bonchev–Trinajstić information content (AvgIpc) is 2.86. The van der Waals surface area contributed by atoms with Gasteiger partial charge in [0.25, 0.3) is 0 Å². The van der Waals surface area contributed by atoms with E-state index in [1.165, 1.54) is 16.9 Å². The van der Waals surface area contributed by atoms with Gasteiger partial charge in [0, 0.05) is 34.7 Å². The predicted molar refractivity (Wildman–Crippen MR) is 88.0 cm³/mol. The van der Waals surface area contributed by atoms with E-state index in [4.69, 9.17) is 11.6 Å². The van der Waals surface area contributed by atoms with Crippen molar-refractivity contribution >= 4 is 45.7 Å². The molecule has 20 heavy (non-hydrogen) atoms. The molecule has 0 fully saturated rings.